The van der Waals surface area contributed by atoms with Gasteiger partial charge in [-0.1, -0.05) is 6.92 Å². The smallest absolute Gasteiger partial charge is 0.137 e. The van der Waals surface area contributed by atoms with Gasteiger partial charge in [0.2, 0.25) is 0 Å². The minimum absolute atomic E-state index is 0.00296. The monoisotopic (exact) mass is 250 g/mol. The van der Waals surface area contributed by atoms with Crippen molar-refractivity contribution in [3.05, 3.63) is 33.8 Å². The van der Waals surface area contributed by atoms with Crippen LogP contribution in [0.5, 0.6) is 0 Å². The molecule has 0 heterocycles. The molecule has 0 saturated heterocycles. The topological polar surface area (TPSA) is 20.2 Å². The third kappa shape index (κ3) is 2.25. The van der Waals surface area contributed by atoms with E-state index in [2.05, 4.69) is 15.9 Å². The van der Waals surface area contributed by atoms with Crippen LogP contribution in [0.25, 0.3) is 0 Å². The number of hydrogen-bond donors (Lipinski definition) is 1. The number of aliphatic hydroxyl groups excluding tert-OH is 1. The van der Waals surface area contributed by atoms with Crippen LogP contribution in [0.15, 0.2) is 16.6 Å². The van der Waals surface area contributed by atoms with Gasteiger partial charge in [-0.05, 0) is 34.5 Å². The Hall–Kier alpha value is -0.480. The van der Waals surface area contributed by atoms with Crippen molar-refractivity contribution in [1.82, 2.24) is 0 Å². The Bertz CT molecular complexity index is 315. The molecule has 0 aromatic heterocycles. The van der Waals surface area contributed by atoms with E-state index in [1.807, 2.05) is 0 Å². The lowest BCUT2D eigenvalue weighted by atomic mass is 10.1. The van der Waals surface area contributed by atoms with Crippen LogP contribution in [0.4, 0.5) is 8.78 Å². The minimum Gasteiger partial charge on any atom is -0.388 e. The molecule has 72 valence electrons. The molecule has 0 aliphatic heterocycles. The molecule has 0 spiro atoms. The molecule has 0 unspecified atom stereocenters. The summed E-state index contributed by atoms with van der Waals surface area (Å²) in [4.78, 5) is 0. The molecule has 0 fully saturated rings. The van der Waals surface area contributed by atoms with E-state index in [-0.39, 0.29) is 10.0 Å². The average molecular weight is 251 g/mol. The number of halogens is 3. The molecule has 1 aromatic rings. The first-order valence-electron chi connectivity index (χ1n) is 3.88. The van der Waals surface area contributed by atoms with Crippen molar-refractivity contribution >= 4 is 15.9 Å². The zero-order valence-corrected chi connectivity index (χ0v) is 8.61. The lowest BCUT2D eigenvalue weighted by Gasteiger charge is -2.09. The summed E-state index contributed by atoms with van der Waals surface area (Å²) in [5.74, 6) is -1.16. The summed E-state index contributed by atoms with van der Waals surface area (Å²) < 4.78 is 26.1. The van der Waals surface area contributed by atoms with E-state index in [1.165, 1.54) is 0 Å². The predicted molar refractivity (Wildman–Crippen MR) is 49.3 cm³/mol. The Kier molecular flexibility index (Phi) is 3.39. The van der Waals surface area contributed by atoms with Crippen LogP contribution in [0, 0.1) is 11.6 Å². The Balaban J connectivity index is 3.15. The van der Waals surface area contributed by atoms with Crippen molar-refractivity contribution in [2.45, 2.75) is 19.4 Å². The first-order chi connectivity index (χ1) is 6.06. The van der Waals surface area contributed by atoms with Crippen molar-refractivity contribution in [2.75, 3.05) is 0 Å². The van der Waals surface area contributed by atoms with Crippen molar-refractivity contribution < 1.29 is 13.9 Å². The fraction of sp³-hybridized carbons (Fsp3) is 0.333. The molecule has 0 radical (unpaired) electrons. The predicted octanol–water partition coefficient (Wildman–Crippen LogP) is 3.17. The van der Waals surface area contributed by atoms with Crippen LogP contribution in [0.1, 0.15) is 25.0 Å². The highest BCUT2D eigenvalue weighted by Gasteiger charge is 2.13. The normalized spacial score (nSPS) is 13.0. The summed E-state index contributed by atoms with van der Waals surface area (Å²) in [7, 11) is 0. The fourth-order valence-corrected chi connectivity index (χ4v) is 1.33. The highest BCUT2D eigenvalue weighted by atomic mass is 79.9. The second-order valence-corrected chi connectivity index (χ2v) is 3.57. The third-order valence-electron chi connectivity index (χ3n) is 1.79. The number of hydrogen-bond acceptors (Lipinski definition) is 1. The molecule has 1 nitrogen and oxygen atoms in total. The Morgan fingerprint density at radius 2 is 2.00 bits per heavy atom. The third-order valence-corrected chi connectivity index (χ3v) is 2.39. The molecule has 1 aromatic carbocycles. The van der Waals surface area contributed by atoms with E-state index in [4.69, 9.17) is 0 Å². The summed E-state index contributed by atoms with van der Waals surface area (Å²) in [6.45, 7) is 1.70. The van der Waals surface area contributed by atoms with Gasteiger partial charge in [-0.3, -0.25) is 0 Å². The molecule has 13 heavy (non-hydrogen) atoms. The standard InChI is InChI=1S/C9H9BrF2O/c1-2-9(13)5-3-8(12)6(10)4-7(5)11/h3-4,9,13H,2H2,1H3/t9-/m0/s1. The van der Waals surface area contributed by atoms with Crippen LogP contribution in [0.3, 0.4) is 0 Å². The zero-order valence-electron chi connectivity index (χ0n) is 7.02. The van der Waals surface area contributed by atoms with Crippen LogP contribution in [-0.2, 0) is 0 Å². The van der Waals surface area contributed by atoms with Gasteiger partial charge in [0.15, 0.2) is 0 Å². The number of rotatable bonds is 2. The molecular formula is C9H9BrF2O. The van der Waals surface area contributed by atoms with Gasteiger partial charge < -0.3 is 5.11 Å². The van der Waals surface area contributed by atoms with E-state index >= 15 is 0 Å². The minimum atomic E-state index is -0.942. The number of benzene rings is 1. The molecule has 0 aliphatic carbocycles. The van der Waals surface area contributed by atoms with Gasteiger partial charge >= 0.3 is 0 Å². The Morgan fingerprint density at radius 3 is 2.54 bits per heavy atom. The van der Waals surface area contributed by atoms with Gasteiger partial charge in [0.05, 0.1) is 10.6 Å². The molecule has 4 heteroatoms. The van der Waals surface area contributed by atoms with E-state index in [0.717, 1.165) is 12.1 Å². The maximum atomic E-state index is 13.1. The van der Waals surface area contributed by atoms with Gasteiger partial charge in [0.25, 0.3) is 0 Å². The van der Waals surface area contributed by atoms with Crippen LogP contribution >= 0.6 is 15.9 Å². The molecule has 0 saturated carbocycles. The molecule has 1 atom stereocenters. The second-order valence-electron chi connectivity index (χ2n) is 2.71. The first kappa shape index (κ1) is 10.6. The summed E-state index contributed by atoms with van der Waals surface area (Å²) in [5, 5.41) is 9.30. The fourth-order valence-electron chi connectivity index (χ4n) is 1.01. The number of aliphatic hydroxyl groups is 1. The second kappa shape index (κ2) is 4.15. The zero-order chi connectivity index (χ0) is 10.0. The van der Waals surface area contributed by atoms with Gasteiger partial charge in [0, 0.05) is 5.56 Å². The lowest BCUT2D eigenvalue weighted by molar-refractivity contribution is 0.168. The van der Waals surface area contributed by atoms with Crippen molar-refractivity contribution in [2.24, 2.45) is 0 Å². The van der Waals surface area contributed by atoms with Crippen LogP contribution in [0.2, 0.25) is 0 Å². The summed E-state index contributed by atoms with van der Waals surface area (Å²) in [6.07, 6.45) is -0.583. The van der Waals surface area contributed by atoms with Gasteiger partial charge in [-0.2, -0.15) is 0 Å². The summed E-state index contributed by atoms with van der Waals surface area (Å²) in [5.41, 5.74) is 0.00296. The van der Waals surface area contributed by atoms with Gasteiger partial charge in [-0.15, -0.1) is 0 Å². The summed E-state index contributed by atoms with van der Waals surface area (Å²) in [6, 6.07) is 2.02. The Morgan fingerprint density at radius 1 is 1.38 bits per heavy atom. The maximum Gasteiger partial charge on any atom is 0.137 e. The Labute approximate surface area is 83.5 Å². The largest absolute Gasteiger partial charge is 0.388 e. The van der Waals surface area contributed by atoms with Crippen molar-refractivity contribution in [3.63, 3.8) is 0 Å². The summed E-state index contributed by atoms with van der Waals surface area (Å²) >= 11 is 2.85. The molecule has 1 rings (SSSR count). The van der Waals surface area contributed by atoms with Gasteiger partial charge in [-0.25, -0.2) is 8.78 Å². The molecule has 0 amide bonds. The highest BCUT2D eigenvalue weighted by Crippen LogP contribution is 2.25. The average Bonchev–Trinajstić information content (AvgIpc) is 2.10. The molecular weight excluding hydrogens is 242 g/mol. The van der Waals surface area contributed by atoms with Crippen LogP contribution in [-0.4, -0.2) is 5.11 Å². The lowest BCUT2D eigenvalue weighted by Crippen LogP contribution is -2.00. The SMILES string of the molecule is CC[C@H](O)c1cc(F)c(Br)cc1F. The van der Waals surface area contributed by atoms with E-state index in [0.29, 0.717) is 6.42 Å². The van der Waals surface area contributed by atoms with Crippen molar-refractivity contribution in [1.29, 1.82) is 0 Å². The van der Waals surface area contributed by atoms with Gasteiger partial charge in [0.1, 0.15) is 11.6 Å². The quantitative estimate of drug-likeness (QED) is 0.800. The molecule has 1 N–H and O–H groups in total. The maximum absolute atomic E-state index is 13.1. The van der Waals surface area contributed by atoms with Crippen molar-refractivity contribution in [3.8, 4) is 0 Å². The highest BCUT2D eigenvalue weighted by molar-refractivity contribution is 9.10. The van der Waals surface area contributed by atoms with E-state index in [9.17, 15) is 13.9 Å². The first-order valence-corrected chi connectivity index (χ1v) is 4.68. The van der Waals surface area contributed by atoms with Crippen LogP contribution < -0.4 is 0 Å². The van der Waals surface area contributed by atoms with E-state index in [1.54, 1.807) is 6.92 Å². The van der Waals surface area contributed by atoms with E-state index < -0.39 is 17.7 Å². The molecule has 0 bridgehead atoms. The molecule has 0 aliphatic rings.